The van der Waals surface area contributed by atoms with Crippen molar-refractivity contribution in [3.05, 3.63) is 11.9 Å². The standard InChI is InChI=1S/C9H18N2O/c1-7(6-10-5)11-8(12)9(2,3)4/h6,10H,1-5H3,(H,11,12)/b7-6+. The van der Waals surface area contributed by atoms with Gasteiger partial charge in [-0.05, 0) is 6.92 Å². The Labute approximate surface area is 74.2 Å². The number of rotatable bonds is 2. The van der Waals surface area contributed by atoms with E-state index in [1.54, 1.807) is 13.2 Å². The summed E-state index contributed by atoms with van der Waals surface area (Å²) in [6, 6.07) is 0. The largest absolute Gasteiger partial charge is 0.393 e. The molecule has 0 rings (SSSR count). The summed E-state index contributed by atoms with van der Waals surface area (Å²) in [6.07, 6.45) is 1.75. The number of carbonyl (C=O) groups is 1. The fraction of sp³-hybridized carbons (Fsp3) is 0.667. The van der Waals surface area contributed by atoms with Crippen LogP contribution in [-0.4, -0.2) is 13.0 Å². The first-order valence-corrected chi connectivity index (χ1v) is 4.03. The van der Waals surface area contributed by atoms with E-state index in [0.717, 1.165) is 5.70 Å². The molecule has 0 aromatic carbocycles. The Balaban J connectivity index is 4.11. The predicted octanol–water partition coefficient (Wildman–Crippen LogP) is 1.23. The second-order valence-electron chi connectivity index (χ2n) is 3.82. The number of carbonyl (C=O) groups excluding carboxylic acids is 1. The van der Waals surface area contributed by atoms with Crippen molar-refractivity contribution >= 4 is 5.91 Å². The highest BCUT2D eigenvalue weighted by Gasteiger charge is 2.20. The lowest BCUT2D eigenvalue weighted by Gasteiger charge is -2.17. The van der Waals surface area contributed by atoms with Crippen molar-refractivity contribution < 1.29 is 4.79 Å². The molecule has 0 saturated heterocycles. The second kappa shape index (κ2) is 4.14. The van der Waals surface area contributed by atoms with Crippen molar-refractivity contribution in [1.29, 1.82) is 0 Å². The number of amides is 1. The van der Waals surface area contributed by atoms with Crippen LogP contribution in [0.25, 0.3) is 0 Å². The minimum absolute atomic E-state index is 0.0338. The van der Waals surface area contributed by atoms with Gasteiger partial charge < -0.3 is 10.6 Å². The monoisotopic (exact) mass is 170 g/mol. The van der Waals surface area contributed by atoms with Gasteiger partial charge in [-0.3, -0.25) is 4.79 Å². The summed E-state index contributed by atoms with van der Waals surface area (Å²) in [4.78, 5) is 11.4. The van der Waals surface area contributed by atoms with Crippen LogP contribution in [-0.2, 0) is 4.79 Å². The highest BCUT2D eigenvalue weighted by molar-refractivity contribution is 5.82. The van der Waals surface area contributed by atoms with E-state index >= 15 is 0 Å². The molecule has 1 amide bonds. The summed E-state index contributed by atoms with van der Waals surface area (Å²) in [7, 11) is 1.80. The van der Waals surface area contributed by atoms with Gasteiger partial charge in [-0.1, -0.05) is 20.8 Å². The molecule has 0 fully saturated rings. The van der Waals surface area contributed by atoms with Crippen LogP contribution < -0.4 is 10.6 Å². The van der Waals surface area contributed by atoms with Gasteiger partial charge in [0.05, 0.1) is 0 Å². The van der Waals surface area contributed by atoms with E-state index in [1.165, 1.54) is 0 Å². The number of nitrogens with one attached hydrogen (secondary N) is 2. The highest BCUT2D eigenvalue weighted by Crippen LogP contribution is 2.12. The molecule has 3 heteroatoms. The third-order valence-electron chi connectivity index (χ3n) is 1.35. The molecule has 12 heavy (non-hydrogen) atoms. The molecular formula is C9H18N2O. The minimum atomic E-state index is -0.331. The Morgan fingerprint density at radius 1 is 1.33 bits per heavy atom. The maximum absolute atomic E-state index is 11.4. The van der Waals surface area contributed by atoms with Gasteiger partial charge in [-0.2, -0.15) is 0 Å². The lowest BCUT2D eigenvalue weighted by Crippen LogP contribution is -2.33. The third kappa shape index (κ3) is 4.01. The Morgan fingerprint density at radius 2 is 1.83 bits per heavy atom. The average molecular weight is 170 g/mol. The van der Waals surface area contributed by atoms with Crippen LogP contribution in [0.4, 0.5) is 0 Å². The van der Waals surface area contributed by atoms with Gasteiger partial charge in [0, 0.05) is 24.4 Å². The molecule has 0 bridgehead atoms. The first-order valence-electron chi connectivity index (χ1n) is 4.03. The van der Waals surface area contributed by atoms with E-state index in [-0.39, 0.29) is 11.3 Å². The van der Waals surface area contributed by atoms with Gasteiger partial charge in [0.2, 0.25) is 5.91 Å². The van der Waals surface area contributed by atoms with Crippen LogP contribution in [0.15, 0.2) is 11.9 Å². The highest BCUT2D eigenvalue weighted by atomic mass is 16.2. The summed E-state index contributed by atoms with van der Waals surface area (Å²) >= 11 is 0. The van der Waals surface area contributed by atoms with Gasteiger partial charge in [0.25, 0.3) is 0 Å². The van der Waals surface area contributed by atoms with E-state index < -0.39 is 0 Å². The maximum atomic E-state index is 11.4. The van der Waals surface area contributed by atoms with Crippen molar-refractivity contribution in [2.45, 2.75) is 27.7 Å². The van der Waals surface area contributed by atoms with Crippen molar-refractivity contribution in [3.63, 3.8) is 0 Å². The topological polar surface area (TPSA) is 41.1 Å². The van der Waals surface area contributed by atoms with Gasteiger partial charge in [0.15, 0.2) is 0 Å². The number of allylic oxidation sites excluding steroid dienone is 1. The molecule has 0 aromatic rings. The zero-order chi connectivity index (χ0) is 9.78. The van der Waals surface area contributed by atoms with Crippen LogP contribution in [0.3, 0.4) is 0 Å². The smallest absolute Gasteiger partial charge is 0.229 e. The zero-order valence-corrected chi connectivity index (χ0v) is 8.49. The average Bonchev–Trinajstić information content (AvgIpc) is 1.85. The van der Waals surface area contributed by atoms with Gasteiger partial charge >= 0.3 is 0 Å². The normalized spacial score (nSPS) is 12.6. The molecule has 0 atom stereocenters. The van der Waals surface area contributed by atoms with Crippen LogP contribution in [0.1, 0.15) is 27.7 Å². The van der Waals surface area contributed by atoms with Crippen molar-refractivity contribution in [3.8, 4) is 0 Å². The molecule has 3 nitrogen and oxygen atoms in total. The Morgan fingerprint density at radius 3 is 2.17 bits per heavy atom. The van der Waals surface area contributed by atoms with E-state index in [4.69, 9.17) is 0 Å². The zero-order valence-electron chi connectivity index (χ0n) is 8.49. The van der Waals surface area contributed by atoms with Crippen LogP contribution >= 0.6 is 0 Å². The van der Waals surface area contributed by atoms with Crippen LogP contribution in [0.2, 0.25) is 0 Å². The summed E-state index contributed by atoms with van der Waals surface area (Å²) < 4.78 is 0. The van der Waals surface area contributed by atoms with Crippen molar-refractivity contribution in [1.82, 2.24) is 10.6 Å². The quantitative estimate of drug-likeness (QED) is 0.654. The molecule has 0 aliphatic carbocycles. The molecular weight excluding hydrogens is 152 g/mol. The van der Waals surface area contributed by atoms with Crippen molar-refractivity contribution in [2.75, 3.05) is 7.05 Å². The molecule has 0 unspecified atom stereocenters. The second-order valence-corrected chi connectivity index (χ2v) is 3.82. The Bertz CT molecular complexity index is 189. The molecule has 2 N–H and O–H groups in total. The van der Waals surface area contributed by atoms with E-state index in [9.17, 15) is 4.79 Å². The molecule has 0 saturated carbocycles. The van der Waals surface area contributed by atoms with Crippen molar-refractivity contribution in [2.24, 2.45) is 5.41 Å². The molecule has 0 aliphatic heterocycles. The lowest BCUT2D eigenvalue weighted by atomic mass is 9.96. The fourth-order valence-corrected chi connectivity index (χ4v) is 0.619. The Hall–Kier alpha value is -0.990. The maximum Gasteiger partial charge on any atom is 0.229 e. The van der Waals surface area contributed by atoms with Crippen LogP contribution in [0.5, 0.6) is 0 Å². The molecule has 0 aliphatic rings. The van der Waals surface area contributed by atoms with E-state index in [2.05, 4.69) is 10.6 Å². The van der Waals surface area contributed by atoms with E-state index in [0.29, 0.717) is 0 Å². The first kappa shape index (κ1) is 11.0. The van der Waals surface area contributed by atoms with E-state index in [1.807, 2.05) is 27.7 Å². The summed E-state index contributed by atoms with van der Waals surface area (Å²) in [6.45, 7) is 7.50. The van der Waals surface area contributed by atoms with Crippen LogP contribution in [0, 0.1) is 5.41 Å². The summed E-state index contributed by atoms with van der Waals surface area (Å²) in [5.41, 5.74) is 0.500. The van der Waals surface area contributed by atoms with Gasteiger partial charge in [-0.25, -0.2) is 0 Å². The molecule has 0 radical (unpaired) electrons. The number of hydrogen-bond acceptors (Lipinski definition) is 2. The van der Waals surface area contributed by atoms with Gasteiger partial charge in [0.1, 0.15) is 0 Å². The minimum Gasteiger partial charge on any atom is -0.393 e. The van der Waals surface area contributed by atoms with Gasteiger partial charge in [-0.15, -0.1) is 0 Å². The Kier molecular flexibility index (Phi) is 3.80. The lowest BCUT2D eigenvalue weighted by molar-refractivity contribution is -0.127. The summed E-state index contributed by atoms with van der Waals surface area (Å²) in [5, 5.41) is 5.63. The first-order chi connectivity index (χ1) is 5.38. The fourth-order valence-electron chi connectivity index (χ4n) is 0.619. The number of hydrogen-bond donors (Lipinski definition) is 2. The summed E-state index contributed by atoms with van der Waals surface area (Å²) in [5.74, 6) is 0.0338. The predicted molar refractivity (Wildman–Crippen MR) is 50.4 cm³/mol. The SMILES string of the molecule is CN/C=C(\C)NC(=O)C(C)(C)C. The molecule has 70 valence electrons. The third-order valence-corrected chi connectivity index (χ3v) is 1.35. The molecule has 0 heterocycles. The molecule has 0 spiro atoms. The molecule has 0 aromatic heterocycles.